The van der Waals surface area contributed by atoms with Gasteiger partial charge in [-0.3, -0.25) is 19.5 Å². The molecular weight excluding hydrogens is 542 g/mol. The second kappa shape index (κ2) is 11.1. The number of hydrogen-bond acceptors (Lipinski definition) is 8. The van der Waals surface area contributed by atoms with Gasteiger partial charge in [-0.25, -0.2) is 9.79 Å². The van der Waals surface area contributed by atoms with Crippen molar-refractivity contribution in [2.24, 2.45) is 4.99 Å². The molecule has 0 saturated heterocycles. The third-order valence-corrected chi connectivity index (χ3v) is 7.93. The zero-order valence-corrected chi connectivity index (χ0v) is 24.2. The van der Waals surface area contributed by atoms with Crippen LogP contribution in [0.3, 0.4) is 0 Å². The SMILES string of the molecule is CCOC(=O)C1=C(C)N=c2s/c(=C\c3ccc(-c4ccc(C)cc4[N+](=O)[O-])o3)c(=O)n2C1c1ccc(C(C)C)cc1. The van der Waals surface area contributed by atoms with Crippen LogP contribution in [0.2, 0.25) is 0 Å². The van der Waals surface area contributed by atoms with Crippen molar-refractivity contribution in [2.45, 2.75) is 46.6 Å². The summed E-state index contributed by atoms with van der Waals surface area (Å²) in [5.74, 6) is 0.488. The molecule has 0 bridgehead atoms. The molecule has 1 aliphatic rings. The van der Waals surface area contributed by atoms with Gasteiger partial charge in [0.05, 0.1) is 38.9 Å². The molecule has 0 amide bonds. The molecule has 0 saturated carbocycles. The molecule has 0 fully saturated rings. The van der Waals surface area contributed by atoms with E-state index in [4.69, 9.17) is 9.15 Å². The minimum absolute atomic E-state index is 0.0595. The molecule has 1 aliphatic heterocycles. The molecule has 1 unspecified atom stereocenters. The van der Waals surface area contributed by atoms with Crippen LogP contribution in [-0.2, 0) is 9.53 Å². The van der Waals surface area contributed by atoms with Gasteiger partial charge in [-0.1, -0.05) is 55.5 Å². The predicted octanol–water partition coefficient (Wildman–Crippen LogP) is 5.40. The quantitative estimate of drug-likeness (QED) is 0.167. The Morgan fingerprint density at radius 1 is 1.17 bits per heavy atom. The molecule has 9 nitrogen and oxygen atoms in total. The van der Waals surface area contributed by atoms with Crippen LogP contribution >= 0.6 is 11.3 Å². The lowest BCUT2D eigenvalue weighted by molar-refractivity contribution is -0.384. The lowest BCUT2D eigenvalue weighted by atomic mass is 9.93. The first kappa shape index (κ1) is 28.0. The summed E-state index contributed by atoms with van der Waals surface area (Å²) >= 11 is 1.18. The molecule has 10 heteroatoms. The molecule has 2 aromatic carbocycles. The lowest BCUT2D eigenvalue weighted by Gasteiger charge is -2.25. The Kier molecular flexibility index (Phi) is 7.59. The van der Waals surface area contributed by atoms with Crippen molar-refractivity contribution in [1.29, 1.82) is 0 Å². The van der Waals surface area contributed by atoms with Crippen molar-refractivity contribution in [1.82, 2.24) is 4.57 Å². The maximum atomic E-state index is 13.8. The van der Waals surface area contributed by atoms with Gasteiger partial charge in [0.15, 0.2) is 4.80 Å². The predicted molar refractivity (Wildman–Crippen MR) is 156 cm³/mol. The number of ether oxygens (including phenoxy) is 1. The van der Waals surface area contributed by atoms with Crippen molar-refractivity contribution < 1.29 is 18.9 Å². The highest BCUT2D eigenvalue weighted by atomic mass is 32.1. The largest absolute Gasteiger partial charge is 0.463 e. The number of fused-ring (bicyclic) bond motifs is 1. The number of hydrogen-bond donors (Lipinski definition) is 0. The normalized spacial score (nSPS) is 15.2. The van der Waals surface area contributed by atoms with E-state index in [2.05, 4.69) is 18.8 Å². The number of aromatic nitrogens is 1. The first-order valence-corrected chi connectivity index (χ1v) is 14.1. The average molecular weight is 572 g/mol. The molecule has 41 heavy (non-hydrogen) atoms. The van der Waals surface area contributed by atoms with Gasteiger partial charge in [-0.15, -0.1) is 0 Å². The van der Waals surface area contributed by atoms with E-state index in [1.54, 1.807) is 51.1 Å². The summed E-state index contributed by atoms with van der Waals surface area (Å²) in [6.07, 6.45) is 1.59. The van der Waals surface area contributed by atoms with E-state index in [9.17, 15) is 19.7 Å². The van der Waals surface area contributed by atoms with Crippen LogP contribution in [-0.4, -0.2) is 22.1 Å². The maximum absolute atomic E-state index is 13.8. The number of nitro benzene ring substituents is 1. The number of allylic oxidation sites excluding steroid dienone is 1. The molecule has 0 N–H and O–H groups in total. The molecule has 0 aliphatic carbocycles. The molecule has 5 rings (SSSR count). The van der Waals surface area contributed by atoms with Crippen LogP contribution in [0, 0.1) is 17.0 Å². The van der Waals surface area contributed by atoms with Crippen molar-refractivity contribution in [3.8, 4) is 11.3 Å². The van der Waals surface area contributed by atoms with E-state index in [1.807, 2.05) is 24.3 Å². The van der Waals surface area contributed by atoms with E-state index in [0.29, 0.717) is 43.6 Å². The Morgan fingerprint density at radius 3 is 2.56 bits per heavy atom. The fourth-order valence-corrected chi connectivity index (χ4v) is 5.90. The molecule has 0 spiro atoms. The number of carbonyl (C=O) groups excluding carboxylic acids is 1. The maximum Gasteiger partial charge on any atom is 0.338 e. The topological polar surface area (TPSA) is 117 Å². The Balaban J connectivity index is 1.63. The van der Waals surface area contributed by atoms with Crippen molar-refractivity contribution >= 4 is 29.1 Å². The highest BCUT2D eigenvalue weighted by Gasteiger charge is 2.33. The average Bonchev–Trinajstić information content (AvgIpc) is 3.52. The molecule has 210 valence electrons. The highest BCUT2D eigenvalue weighted by molar-refractivity contribution is 7.07. The van der Waals surface area contributed by atoms with E-state index < -0.39 is 16.9 Å². The Labute approximate surface area is 239 Å². The number of furan rings is 1. The minimum Gasteiger partial charge on any atom is -0.463 e. The molecular formula is C31H29N3O6S. The third-order valence-electron chi connectivity index (χ3n) is 6.95. The second-order valence-electron chi connectivity index (χ2n) is 10.1. The Hall–Kier alpha value is -4.57. The van der Waals surface area contributed by atoms with Gasteiger partial charge in [0, 0.05) is 12.1 Å². The zero-order valence-electron chi connectivity index (χ0n) is 23.3. The zero-order chi connectivity index (χ0) is 29.4. The fourth-order valence-electron chi connectivity index (χ4n) is 4.88. The molecule has 0 radical (unpaired) electrons. The van der Waals surface area contributed by atoms with Crippen LogP contribution in [0.4, 0.5) is 5.69 Å². The Bertz CT molecular complexity index is 1880. The van der Waals surface area contributed by atoms with E-state index in [0.717, 1.165) is 16.7 Å². The van der Waals surface area contributed by atoms with Crippen LogP contribution in [0.1, 0.15) is 62.1 Å². The van der Waals surface area contributed by atoms with Crippen molar-refractivity contribution in [2.75, 3.05) is 6.61 Å². The van der Waals surface area contributed by atoms with Crippen molar-refractivity contribution in [3.63, 3.8) is 0 Å². The monoisotopic (exact) mass is 571 g/mol. The number of nitrogens with zero attached hydrogens (tertiary/aromatic N) is 3. The minimum atomic E-state index is -0.712. The van der Waals surface area contributed by atoms with Crippen molar-refractivity contribution in [3.05, 3.63) is 118 Å². The third kappa shape index (κ3) is 5.30. The summed E-state index contributed by atoms with van der Waals surface area (Å²) in [6, 6.07) is 15.4. The number of carbonyl (C=O) groups is 1. The van der Waals surface area contributed by atoms with E-state index in [-0.39, 0.29) is 17.9 Å². The van der Waals surface area contributed by atoms with Gasteiger partial charge in [0.25, 0.3) is 11.2 Å². The summed E-state index contributed by atoms with van der Waals surface area (Å²) in [5, 5.41) is 11.6. The summed E-state index contributed by atoms with van der Waals surface area (Å²) in [7, 11) is 0. The standard InChI is InChI=1S/C31H29N3O6S/c1-6-39-30(36)27-19(5)32-31-33(28(27)21-10-8-20(9-11-21)17(2)3)29(35)26(41-31)16-22-12-14-25(40-22)23-13-7-18(4)15-24(23)34(37)38/h7-17,28H,6H2,1-5H3/b26-16-. The van der Waals surface area contributed by atoms with Crippen LogP contribution < -0.4 is 14.9 Å². The summed E-state index contributed by atoms with van der Waals surface area (Å²) in [4.78, 5) is 43.2. The van der Waals surface area contributed by atoms with E-state index in [1.165, 1.54) is 22.0 Å². The smallest absolute Gasteiger partial charge is 0.338 e. The number of nitro groups is 1. The van der Waals surface area contributed by atoms with Gasteiger partial charge < -0.3 is 9.15 Å². The molecule has 1 atom stereocenters. The van der Waals surface area contributed by atoms with Gasteiger partial charge in [-0.05, 0) is 61.6 Å². The Morgan fingerprint density at radius 2 is 1.90 bits per heavy atom. The molecule has 4 aromatic rings. The summed E-state index contributed by atoms with van der Waals surface area (Å²) in [6.45, 7) is 9.65. The number of thiazole rings is 1. The van der Waals surface area contributed by atoms with Crippen LogP contribution in [0.15, 0.2) is 80.1 Å². The first-order valence-electron chi connectivity index (χ1n) is 13.2. The van der Waals surface area contributed by atoms with Crippen LogP contribution in [0.5, 0.6) is 0 Å². The fraction of sp³-hybridized carbons (Fsp3) is 0.258. The number of esters is 1. The van der Waals surface area contributed by atoms with Crippen LogP contribution in [0.25, 0.3) is 17.4 Å². The second-order valence-corrected chi connectivity index (χ2v) is 11.1. The molecule has 3 heterocycles. The lowest BCUT2D eigenvalue weighted by Crippen LogP contribution is -2.39. The number of aryl methyl sites for hydroxylation is 1. The summed E-state index contributed by atoms with van der Waals surface area (Å²) < 4.78 is 13.2. The van der Waals surface area contributed by atoms with Gasteiger partial charge in [0.2, 0.25) is 0 Å². The number of benzene rings is 2. The number of rotatable bonds is 7. The molecule has 2 aromatic heterocycles. The van der Waals surface area contributed by atoms with E-state index >= 15 is 0 Å². The van der Waals surface area contributed by atoms with Gasteiger partial charge >= 0.3 is 5.97 Å². The summed E-state index contributed by atoms with van der Waals surface area (Å²) in [5.41, 5.74) is 3.43. The first-order chi connectivity index (χ1) is 19.6. The highest BCUT2D eigenvalue weighted by Crippen LogP contribution is 2.33. The van der Waals surface area contributed by atoms with Gasteiger partial charge in [-0.2, -0.15) is 0 Å². The van der Waals surface area contributed by atoms with Gasteiger partial charge in [0.1, 0.15) is 11.5 Å².